The van der Waals surface area contributed by atoms with Crippen LogP contribution >= 0.6 is 0 Å². The van der Waals surface area contributed by atoms with E-state index in [1.807, 2.05) is 6.08 Å². The molecule has 0 aromatic heterocycles. The molecular weight excluding hydrogens is 472 g/mol. The van der Waals surface area contributed by atoms with Crippen molar-refractivity contribution in [3.8, 4) is 11.5 Å². The fourth-order valence-corrected chi connectivity index (χ4v) is 5.96. The van der Waals surface area contributed by atoms with Gasteiger partial charge in [-0.2, -0.15) is 0 Å². The smallest absolute Gasteiger partial charge is 0.335 e. The molecule has 2 aromatic rings. The molecule has 0 radical (unpaired) electrons. The SMILES string of the molecule is CC(=O)c1c(C)cc2cc(C(=O)O)cc(OC3OC4C(O)CCC5CC=COC54C(O)C3O)c2c1O. The first-order valence-corrected chi connectivity index (χ1v) is 11.8. The Balaban J connectivity index is 1.60. The molecule has 1 spiro atoms. The molecule has 2 aromatic carbocycles. The first-order chi connectivity index (χ1) is 17.1. The molecule has 192 valence electrons. The van der Waals surface area contributed by atoms with Gasteiger partial charge in [0.1, 0.15) is 29.8 Å². The van der Waals surface area contributed by atoms with Gasteiger partial charge in [-0.1, -0.05) is 6.07 Å². The highest BCUT2D eigenvalue weighted by Gasteiger charge is 2.65. The summed E-state index contributed by atoms with van der Waals surface area (Å²) >= 11 is 0. The first-order valence-electron chi connectivity index (χ1n) is 11.8. The molecular formula is C26H28O10. The molecule has 1 saturated carbocycles. The van der Waals surface area contributed by atoms with Gasteiger partial charge >= 0.3 is 5.97 Å². The van der Waals surface area contributed by atoms with E-state index in [0.717, 1.165) is 6.07 Å². The number of allylic oxidation sites excluding steroid dienone is 1. The van der Waals surface area contributed by atoms with Crippen LogP contribution in [-0.4, -0.2) is 73.6 Å². The summed E-state index contributed by atoms with van der Waals surface area (Å²) < 4.78 is 17.8. The maximum atomic E-state index is 12.2. The van der Waals surface area contributed by atoms with E-state index in [2.05, 4.69) is 0 Å². The van der Waals surface area contributed by atoms with Crippen molar-refractivity contribution in [2.24, 2.45) is 5.92 Å². The zero-order valence-electron chi connectivity index (χ0n) is 19.7. The summed E-state index contributed by atoms with van der Waals surface area (Å²) in [5.41, 5.74) is -1.04. The van der Waals surface area contributed by atoms with Crippen LogP contribution in [0.25, 0.3) is 10.8 Å². The summed E-state index contributed by atoms with van der Waals surface area (Å²) in [6.07, 6.45) is -1.95. The van der Waals surface area contributed by atoms with Gasteiger partial charge in [0.05, 0.1) is 28.9 Å². The number of rotatable bonds is 4. The van der Waals surface area contributed by atoms with Gasteiger partial charge in [0.2, 0.25) is 6.29 Å². The second kappa shape index (κ2) is 8.74. The number of benzene rings is 2. The van der Waals surface area contributed by atoms with Crippen molar-refractivity contribution >= 4 is 22.5 Å². The van der Waals surface area contributed by atoms with Crippen molar-refractivity contribution in [3.05, 3.63) is 47.2 Å². The van der Waals surface area contributed by atoms with Crippen LogP contribution in [-0.2, 0) is 9.47 Å². The van der Waals surface area contributed by atoms with E-state index in [4.69, 9.17) is 14.2 Å². The molecule has 2 heterocycles. The Hall–Kier alpha value is -3.18. The van der Waals surface area contributed by atoms with Gasteiger partial charge in [-0.3, -0.25) is 4.79 Å². The van der Waals surface area contributed by atoms with Crippen molar-refractivity contribution in [2.75, 3.05) is 0 Å². The van der Waals surface area contributed by atoms with Crippen molar-refractivity contribution in [2.45, 2.75) is 69.4 Å². The molecule has 2 aliphatic heterocycles. The number of carbonyl (C=O) groups excluding carboxylic acids is 1. The first kappa shape index (κ1) is 24.5. The lowest BCUT2D eigenvalue weighted by molar-refractivity contribution is -0.347. The number of hydrogen-bond acceptors (Lipinski definition) is 9. The highest BCUT2D eigenvalue weighted by Crippen LogP contribution is 2.50. The number of ketones is 1. The standard InChI is InChI=1S/C26H28O10/c1-11-8-13-9-14(24(32)33)10-17(19(13)20(29)18(11)12(2)27)35-25-21(30)22(31)26-15(4-3-7-34-26)5-6-16(28)23(26)36-25/h3,7-10,15-16,21-23,25,28-31H,4-6H2,1-2H3,(H,32,33). The maximum absolute atomic E-state index is 12.2. The van der Waals surface area contributed by atoms with Gasteiger partial charge in [0.15, 0.2) is 11.4 Å². The molecule has 5 N–H and O–H groups in total. The van der Waals surface area contributed by atoms with Crippen molar-refractivity contribution in [1.82, 2.24) is 0 Å². The van der Waals surface area contributed by atoms with Crippen LogP contribution in [0.4, 0.5) is 0 Å². The Morgan fingerprint density at radius 3 is 2.58 bits per heavy atom. The van der Waals surface area contributed by atoms with Crippen molar-refractivity contribution in [1.29, 1.82) is 0 Å². The van der Waals surface area contributed by atoms with E-state index < -0.39 is 53.8 Å². The summed E-state index contributed by atoms with van der Waals surface area (Å²) in [5, 5.41) is 54.0. The van der Waals surface area contributed by atoms with Crippen molar-refractivity contribution < 1.29 is 49.3 Å². The van der Waals surface area contributed by atoms with Crippen LogP contribution < -0.4 is 4.74 Å². The van der Waals surface area contributed by atoms with E-state index in [0.29, 0.717) is 30.2 Å². The second-order valence-electron chi connectivity index (χ2n) is 9.75. The quantitative estimate of drug-likeness (QED) is 0.393. The zero-order chi connectivity index (χ0) is 25.9. The van der Waals surface area contributed by atoms with Crippen LogP contribution in [0, 0.1) is 12.8 Å². The highest BCUT2D eigenvalue weighted by atomic mass is 16.7. The molecule has 5 rings (SSSR count). The average Bonchev–Trinajstić information content (AvgIpc) is 2.82. The topological polar surface area (TPSA) is 163 Å². The number of aromatic carboxylic acids is 1. The van der Waals surface area contributed by atoms with E-state index in [1.54, 1.807) is 13.0 Å². The summed E-state index contributed by atoms with van der Waals surface area (Å²) in [6, 6.07) is 4.04. The normalized spacial score (nSPS) is 33.4. The average molecular weight is 501 g/mol. The van der Waals surface area contributed by atoms with Gasteiger partial charge in [-0.15, -0.1) is 0 Å². The van der Waals surface area contributed by atoms with Gasteiger partial charge in [-0.05, 0) is 62.3 Å². The summed E-state index contributed by atoms with van der Waals surface area (Å²) in [7, 11) is 0. The lowest BCUT2D eigenvalue weighted by atomic mass is 9.64. The number of hydrogen-bond donors (Lipinski definition) is 5. The van der Waals surface area contributed by atoms with Crippen LogP contribution in [0.15, 0.2) is 30.5 Å². The molecule has 10 nitrogen and oxygen atoms in total. The van der Waals surface area contributed by atoms with E-state index in [-0.39, 0.29) is 28.2 Å². The molecule has 0 bridgehead atoms. The minimum Gasteiger partial charge on any atom is -0.506 e. The van der Waals surface area contributed by atoms with Gasteiger partial charge < -0.3 is 39.7 Å². The Bertz CT molecular complexity index is 1270. The predicted molar refractivity (Wildman–Crippen MR) is 125 cm³/mol. The molecule has 7 unspecified atom stereocenters. The van der Waals surface area contributed by atoms with E-state index in [9.17, 15) is 35.1 Å². The van der Waals surface area contributed by atoms with Crippen LogP contribution in [0.1, 0.15) is 52.5 Å². The highest BCUT2D eigenvalue weighted by molar-refractivity contribution is 6.08. The van der Waals surface area contributed by atoms with Gasteiger partial charge in [0.25, 0.3) is 0 Å². The van der Waals surface area contributed by atoms with Crippen LogP contribution in [0.3, 0.4) is 0 Å². The minimum atomic E-state index is -1.64. The number of Topliss-reactive ketones (excluding diaryl/α,β-unsaturated/α-hetero) is 1. The zero-order valence-corrected chi connectivity index (χ0v) is 19.7. The van der Waals surface area contributed by atoms with Crippen molar-refractivity contribution in [3.63, 3.8) is 0 Å². The Morgan fingerprint density at radius 2 is 1.89 bits per heavy atom. The van der Waals surface area contributed by atoms with Crippen LogP contribution in [0.2, 0.25) is 0 Å². The molecule has 2 fully saturated rings. The number of aliphatic hydroxyl groups is 3. The number of aryl methyl sites for hydroxylation is 1. The number of fused-ring (bicyclic) bond motifs is 1. The lowest BCUT2D eigenvalue weighted by Crippen LogP contribution is -2.74. The summed E-state index contributed by atoms with van der Waals surface area (Å²) in [4.78, 5) is 24.0. The Labute approximate surface area is 206 Å². The minimum absolute atomic E-state index is 0.0486. The number of phenolic OH excluding ortho intramolecular Hbond substituents is 1. The molecule has 1 saturated heterocycles. The molecule has 10 heteroatoms. The number of carbonyl (C=O) groups is 2. The molecule has 1 aliphatic carbocycles. The molecule has 3 aliphatic rings. The second-order valence-corrected chi connectivity index (χ2v) is 9.75. The largest absolute Gasteiger partial charge is 0.506 e. The third kappa shape index (κ3) is 3.55. The number of phenols is 1. The number of aromatic hydroxyl groups is 1. The van der Waals surface area contributed by atoms with Gasteiger partial charge in [0, 0.05) is 5.92 Å². The Morgan fingerprint density at radius 1 is 1.14 bits per heavy atom. The summed E-state index contributed by atoms with van der Waals surface area (Å²) in [6.45, 7) is 2.91. The Kier molecular flexibility index (Phi) is 5.95. The lowest BCUT2D eigenvalue weighted by Gasteiger charge is -2.57. The fourth-order valence-electron chi connectivity index (χ4n) is 5.96. The summed E-state index contributed by atoms with van der Waals surface area (Å²) in [5.74, 6) is -2.42. The maximum Gasteiger partial charge on any atom is 0.335 e. The number of ether oxygens (including phenoxy) is 3. The van der Waals surface area contributed by atoms with Crippen LogP contribution in [0.5, 0.6) is 11.5 Å². The number of carboxylic acids is 1. The third-order valence-corrected chi connectivity index (χ3v) is 7.59. The molecule has 0 amide bonds. The fraction of sp³-hybridized carbons (Fsp3) is 0.462. The molecule has 7 atom stereocenters. The predicted octanol–water partition coefficient (Wildman–Crippen LogP) is 2.02. The third-order valence-electron chi connectivity index (χ3n) is 7.59. The van der Waals surface area contributed by atoms with E-state index in [1.165, 1.54) is 19.3 Å². The molecule has 36 heavy (non-hydrogen) atoms. The van der Waals surface area contributed by atoms with E-state index >= 15 is 0 Å². The van der Waals surface area contributed by atoms with Gasteiger partial charge in [-0.25, -0.2) is 4.79 Å². The number of aliphatic hydroxyl groups excluding tert-OH is 3. The number of carboxylic acid groups (broad SMARTS) is 1. The monoisotopic (exact) mass is 500 g/mol.